The largest absolute Gasteiger partial charge is 0.478 e. The van der Waals surface area contributed by atoms with E-state index in [9.17, 15) is 14.4 Å². The van der Waals surface area contributed by atoms with Crippen LogP contribution < -0.4 is 5.32 Å². The molecule has 0 spiro atoms. The van der Waals surface area contributed by atoms with Gasteiger partial charge in [-0.25, -0.2) is 4.79 Å². The number of nitrogens with one attached hydrogen (secondary N) is 1. The molecule has 8 nitrogen and oxygen atoms in total. The predicted octanol–water partition coefficient (Wildman–Crippen LogP) is -0.0435. The Morgan fingerprint density at radius 2 is 2.00 bits per heavy atom. The zero-order valence-corrected chi connectivity index (χ0v) is 11.3. The fourth-order valence-electron chi connectivity index (χ4n) is 1.91. The molecule has 0 bridgehead atoms. The normalized spacial score (nSPS) is 14.8. The van der Waals surface area contributed by atoms with Crippen LogP contribution in [-0.4, -0.2) is 60.6 Å². The van der Waals surface area contributed by atoms with E-state index in [-0.39, 0.29) is 30.2 Å². The zero-order chi connectivity index (χ0) is 15.2. The van der Waals surface area contributed by atoms with Crippen LogP contribution in [0.5, 0.6) is 0 Å². The second kappa shape index (κ2) is 6.89. The van der Waals surface area contributed by atoms with E-state index in [1.165, 1.54) is 0 Å². The average molecular weight is 296 g/mol. The molecule has 2 rings (SSSR count). The van der Waals surface area contributed by atoms with Gasteiger partial charge in [0.2, 0.25) is 5.91 Å². The van der Waals surface area contributed by atoms with Crippen molar-refractivity contribution in [3.63, 3.8) is 0 Å². The van der Waals surface area contributed by atoms with Crippen LogP contribution in [0.15, 0.2) is 16.7 Å². The number of furan rings is 1. The predicted molar refractivity (Wildman–Crippen MR) is 70.0 cm³/mol. The lowest BCUT2D eigenvalue weighted by atomic mass is 10.3. The highest BCUT2D eigenvalue weighted by Gasteiger charge is 2.18. The molecule has 0 saturated carbocycles. The van der Waals surface area contributed by atoms with E-state index in [0.717, 1.165) is 12.3 Å². The van der Waals surface area contributed by atoms with Gasteiger partial charge in [0, 0.05) is 32.1 Å². The van der Waals surface area contributed by atoms with E-state index in [2.05, 4.69) is 5.32 Å². The summed E-state index contributed by atoms with van der Waals surface area (Å²) in [6.45, 7) is 2.35. The number of amides is 2. The Labute approximate surface area is 120 Å². The molecule has 0 aromatic carbocycles. The third-order valence-corrected chi connectivity index (χ3v) is 3.06. The lowest BCUT2D eigenvalue weighted by Gasteiger charge is -2.26. The van der Waals surface area contributed by atoms with E-state index in [4.69, 9.17) is 14.3 Å². The summed E-state index contributed by atoms with van der Waals surface area (Å²) in [5.41, 5.74) is -0.0930. The number of hydrogen-bond donors (Lipinski definition) is 2. The van der Waals surface area contributed by atoms with Gasteiger partial charge in [-0.3, -0.25) is 9.59 Å². The Hall–Kier alpha value is -2.35. The van der Waals surface area contributed by atoms with Crippen LogP contribution in [0.4, 0.5) is 0 Å². The van der Waals surface area contributed by atoms with Crippen molar-refractivity contribution in [2.24, 2.45) is 0 Å². The molecule has 1 aliphatic rings. The third kappa shape index (κ3) is 4.06. The quantitative estimate of drug-likeness (QED) is 0.789. The van der Waals surface area contributed by atoms with E-state index in [1.54, 1.807) is 4.90 Å². The van der Waals surface area contributed by atoms with Gasteiger partial charge in [-0.15, -0.1) is 0 Å². The van der Waals surface area contributed by atoms with Crippen molar-refractivity contribution in [3.05, 3.63) is 23.7 Å². The van der Waals surface area contributed by atoms with Crippen LogP contribution in [0.2, 0.25) is 0 Å². The maximum Gasteiger partial charge on any atom is 0.338 e. The van der Waals surface area contributed by atoms with Crippen molar-refractivity contribution >= 4 is 17.8 Å². The summed E-state index contributed by atoms with van der Waals surface area (Å²) in [6.07, 6.45) is 1.17. The molecule has 0 unspecified atom stereocenters. The van der Waals surface area contributed by atoms with Gasteiger partial charge in [-0.2, -0.15) is 0 Å². The van der Waals surface area contributed by atoms with Crippen LogP contribution in [0, 0.1) is 0 Å². The summed E-state index contributed by atoms with van der Waals surface area (Å²) in [5.74, 6) is -1.85. The fourth-order valence-corrected chi connectivity index (χ4v) is 1.91. The van der Waals surface area contributed by atoms with Gasteiger partial charge in [-0.05, 0) is 0 Å². The minimum atomic E-state index is -1.17. The fraction of sp³-hybridized carbons (Fsp3) is 0.462. The average Bonchev–Trinajstić information content (AvgIpc) is 2.98. The van der Waals surface area contributed by atoms with Crippen LogP contribution >= 0.6 is 0 Å². The number of ether oxygens (including phenoxy) is 1. The second-order valence-electron chi connectivity index (χ2n) is 4.50. The molecule has 1 aromatic heterocycles. The van der Waals surface area contributed by atoms with Crippen molar-refractivity contribution in [2.75, 3.05) is 32.8 Å². The number of rotatable bonds is 5. The van der Waals surface area contributed by atoms with Gasteiger partial charge in [-0.1, -0.05) is 0 Å². The molecule has 0 aliphatic carbocycles. The molecule has 1 aromatic rings. The Morgan fingerprint density at radius 1 is 1.29 bits per heavy atom. The molecular formula is C13H16N2O6. The van der Waals surface area contributed by atoms with E-state index in [1.807, 2.05) is 0 Å². The zero-order valence-electron chi connectivity index (χ0n) is 11.3. The molecule has 21 heavy (non-hydrogen) atoms. The Bertz CT molecular complexity index is 533. The molecule has 8 heteroatoms. The van der Waals surface area contributed by atoms with Crippen molar-refractivity contribution in [1.29, 1.82) is 0 Å². The third-order valence-electron chi connectivity index (χ3n) is 3.06. The Balaban J connectivity index is 1.75. The SMILES string of the molecule is O=C(O)c1coc(C(=O)NCCC(=O)N2CCOCC2)c1. The number of morpholine rings is 1. The smallest absolute Gasteiger partial charge is 0.338 e. The summed E-state index contributed by atoms with van der Waals surface area (Å²) < 4.78 is 10.0. The van der Waals surface area contributed by atoms with E-state index in [0.29, 0.717) is 26.3 Å². The van der Waals surface area contributed by atoms with Gasteiger partial charge in [0.05, 0.1) is 18.8 Å². The number of hydrogen-bond acceptors (Lipinski definition) is 5. The van der Waals surface area contributed by atoms with E-state index >= 15 is 0 Å². The lowest BCUT2D eigenvalue weighted by molar-refractivity contribution is -0.135. The van der Waals surface area contributed by atoms with Crippen LogP contribution in [0.3, 0.4) is 0 Å². The minimum absolute atomic E-state index is 0.0516. The van der Waals surface area contributed by atoms with Crippen molar-refractivity contribution in [2.45, 2.75) is 6.42 Å². The first kappa shape index (κ1) is 15.0. The monoisotopic (exact) mass is 296 g/mol. The molecule has 2 heterocycles. The van der Waals surface area contributed by atoms with Gasteiger partial charge in [0.1, 0.15) is 6.26 Å². The molecule has 1 saturated heterocycles. The maximum absolute atomic E-state index is 11.8. The first-order valence-corrected chi connectivity index (χ1v) is 6.53. The molecule has 0 radical (unpaired) electrons. The van der Waals surface area contributed by atoms with Crippen molar-refractivity contribution in [3.8, 4) is 0 Å². The molecule has 2 amide bonds. The highest BCUT2D eigenvalue weighted by Crippen LogP contribution is 2.07. The van der Waals surface area contributed by atoms with Crippen molar-refractivity contribution < 1.29 is 28.6 Å². The lowest BCUT2D eigenvalue weighted by Crippen LogP contribution is -2.42. The number of aromatic carboxylic acids is 1. The molecule has 1 fully saturated rings. The summed E-state index contributed by atoms with van der Waals surface area (Å²) >= 11 is 0. The standard InChI is InChI=1S/C13H16N2O6/c16-11(15-3-5-20-6-4-15)1-2-14-12(17)10-7-9(8-21-10)13(18)19/h7-8H,1-6H2,(H,14,17)(H,18,19). The summed E-state index contributed by atoms with van der Waals surface area (Å²) in [6, 6.07) is 1.14. The molecular weight excluding hydrogens is 280 g/mol. The van der Waals surface area contributed by atoms with Gasteiger partial charge in [0.25, 0.3) is 5.91 Å². The molecule has 0 atom stereocenters. The number of nitrogens with zero attached hydrogens (tertiary/aromatic N) is 1. The van der Waals surface area contributed by atoms with Crippen LogP contribution in [0.1, 0.15) is 27.3 Å². The Morgan fingerprint density at radius 3 is 2.62 bits per heavy atom. The molecule has 114 valence electrons. The summed E-state index contributed by atoms with van der Waals surface area (Å²) in [4.78, 5) is 35.9. The summed E-state index contributed by atoms with van der Waals surface area (Å²) in [7, 11) is 0. The van der Waals surface area contributed by atoms with Crippen LogP contribution in [0.25, 0.3) is 0 Å². The first-order chi connectivity index (χ1) is 10.1. The second-order valence-corrected chi connectivity index (χ2v) is 4.50. The first-order valence-electron chi connectivity index (χ1n) is 6.53. The molecule has 1 aliphatic heterocycles. The van der Waals surface area contributed by atoms with E-state index < -0.39 is 11.9 Å². The van der Waals surface area contributed by atoms with Crippen LogP contribution in [-0.2, 0) is 9.53 Å². The number of carboxylic acid groups (broad SMARTS) is 1. The number of carbonyl (C=O) groups excluding carboxylic acids is 2. The highest BCUT2D eigenvalue weighted by molar-refractivity contribution is 5.95. The molecule has 2 N–H and O–H groups in total. The van der Waals surface area contributed by atoms with Gasteiger partial charge >= 0.3 is 5.97 Å². The highest BCUT2D eigenvalue weighted by atomic mass is 16.5. The maximum atomic E-state index is 11.8. The topological polar surface area (TPSA) is 109 Å². The Kier molecular flexibility index (Phi) is 4.94. The number of carbonyl (C=O) groups is 3. The number of carboxylic acids is 1. The van der Waals surface area contributed by atoms with Crippen molar-refractivity contribution in [1.82, 2.24) is 10.2 Å². The van der Waals surface area contributed by atoms with Gasteiger partial charge in [0.15, 0.2) is 5.76 Å². The summed E-state index contributed by atoms with van der Waals surface area (Å²) in [5, 5.41) is 11.2. The van der Waals surface area contributed by atoms with Gasteiger partial charge < -0.3 is 24.5 Å². The minimum Gasteiger partial charge on any atom is -0.478 e.